The van der Waals surface area contributed by atoms with Crippen LogP contribution < -0.4 is 20.3 Å². The predicted octanol–water partition coefficient (Wildman–Crippen LogP) is 4.99. The van der Waals surface area contributed by atoms with Gasteiger partial charge in [-0.1, -0.05) is 0 Å². The first-order valence-corrected chi connectivity index (χ1v) is 14.5. The van der Waals surface area contributed by atoms with Crippen LogP contribution in [0.4, 0.5) is 27.5 Å². The Morgan fingerprint density at radius 2 is 1.70 bits per heavy atom. The molecule has 0 bridgehead atoms. The Morgan fingerprint density at radius 1 is 0.955 bits per heavy atom. The van der Waals surface area contributed by atoms with E-state index in [0.717, 1.165) is 50.4 Å². The molecule has 3 aromatic heterocycles. The highest BCUT2D eigenvalue weighted by atomic mass is 16.6. The molecule has 1 fully saturated rings. The topological polar surface area (TPSA) is 123 Å². The zero-order valence-corrected chi connectivity index (χ0v) is 25.8. The summed E-state index contributed by atoms with van der Waals surface area (Å²) < 4.78 is 17.6. The summed E-state index contributed by atoms with van der Waals surface area (Å²) in [4.78, 5) is 39.7. The van der Waals surface area contributed by atoms with E-state index in [0.29, 0.717) is 22.6 Å². The number of rotatable bonds is 9. The molecule has 232 valence electrons. The first-order chi connectivity index (χ1) is 21.2. The number of aromatic nitrogens is 3. The zero-order valence-electron chi connectivity index (χ0n) is 25.8. The van der Waals surface area contributed by atoms with Crippen LogP contribution in [0.1, 0.15) is 31.1 Å². The smallest absolute Gasteiger partial charge is 0.419 e. The quantitative estimate of drug-likeness (QED) is 0.271. The molecule has 1 aromatic carbocycles. The van der Waals surface area contributed by atoms with Crippen molar-refractivity contribution < 1.29 is 23.8 Å². The van der Waals surface area contributed by atoms with Crippen LogP contribution in [0.25, 0.3) is 10.9 Å². The van der Waals surface area contributed by atoms with Gasteiger partial charge in [0, 0.05) is 69.0 Å². The minimum atomic E-state index is -0.646. The number of nitrogens with zero attached hydrogens (tertiary/aromatic N) is 5. The van der Waals surface area contributed by atoms with Crippen LogP contribution >= 0.6 is 0 Å². The largest absolute Gasteiger partial charge is 0.480 e. The molecule has 0 radical (unpaired) electrons. The molecule has 0 saturated carbocycles. The Bertz CT molecular complexity index is 1610. The number of fused-ring (bicyclic) bond motifs is 1. The molecule has 1 saturated heterocycles. The van der Waals surface area contributed by atoms with Gasteiger partial charge in [0.2, 0.25) is 5.88 Å². The summed E-state index contributed by atoms with van der Waals surface area (Å²) in [5, 5.41) is 7.00. The summed E-state index contributed by atoms with van der Waals surface area (Å²) >= 11 is 0. The van der Waals surface area contributed by atoms with Gasteiger partial charge in [-0.3, -0.25) is 19.2 Å². The van der Waals surface area contributed by atoms with E-state index in [-0.39, 0.29) is 17.4 Å². The van der Waals surface area contributed by atoms with E-state index >= 15 is 0 Å². The molecule has 0 aliphatic carbocycles. The number of piperazine rings is 1. The lowest BCUT2D eigenvalue weighted by Crippen LogP contribution is -2.47. The number of carbonyl (C=O) groups excluding carboxylic acids is 2. The minimum absolute atomic E-state index is 0.168. The van der Waals surface area contributed by atoms with Crippen LogP contribution in [-0.4, -0.2) is 90.6 Å². The van der Waals surface area contributed by atoms with Gasteiger partial charge in [-0.25, -0.2) is 9.78 Å². The van der Waals surface area contributed by atoms with E-state index in [2.05, 4.69) is 30.4 Å². The summed E-state index contributed by atoms with van der Waals surface area (Å²) in [6.07, 6.45) is 5.91. The summed E-state index contributed by atoms with van der Waals surface area (Å²) in [5.74, 6) is -0.217. The van der Waals surface area contributed by atoms with Crippen LogP contribution in [0.15, 0.2) is 61.2 Å². The zero-order chi connectivity index (χ0) is 31.3. The van der Waals surface area contributed by atoms with Crippen molar-refractivity contribution >= 4 is 45.7 Å². The summed E-state index contributed by atoms with van der Waals surface area (Å²) in [7, 11) is 3.19. The lowest BCUT2D eigenvalue weighted by molar-refractivity contribution is 0.0544. The van der Waals surface area contributed by atoms with Gasteiger partial charge in [-0.05, 0) is 57.2 Å². The standard InChI is InChI=1S/C32H39N7O5/c1-32(2,3)44-31(41)39-13-11-24-26(20-33-21-27(24)39)36-25-10-12-34-30(43-5)28(25)29(40)35-22-6-8-23(9-7-22)38-16-14-37(15-17-38)18-19-42-4/h6-13,20-21H,14-19H2,1-5H3,(H,34,36)(H,35,40). The van der Waals surface area contributed by atoms with Gasteiger partial charge in [0.15, 0.2) is 0 Å². The lowest BCUT2D eigenvalue weighted by Gasteiger charge is -2.36. The maximum atomic E-state index is 13.6. The van der Waals surface area contributed by atoms with E-state index in [4.69, 9.17) is 14.2 Å². The predicted molar refractivity (Wildman–Crippen MR) is 170 cm³/mol. The molecular weight excluding hydrogens is 562 g/mol. The second-order valence-corrected chi connectivity index (χ2v) is 11.5. The van der Waals surface area contributed by atoms with E-state index in [1.54, 1.807) is 44.0 Å². The van der Waals surface area contributed by atoms with Crippen LogP contribution in [-0.2, 0) is 9.47 Å². The van der Waals surface area contributed by atoms with Gasteiger partial charge >= 0.3 is 6.09 Å². The third-order valence-corrected chi connectivity index (χ3v) is 7.29. The van der Waals surface area contributed by atoms with Crippen LogP contribution in [0, 0.1) is 0 Å². The first kappa shape index (κ1) is 30.8. The summed E-state index contributed by atoms with van der Waals surface area (Å²) in [6, 6.07) is 11.3. The number of anilines is 4. The number of hydrogen-bond donors (Lipinski definition) is 2. The highest BCUT2D eigenvalue weighted by molar-refractivity contribution is 6.10. The van der Waals surface area contributed by atoms with E-state index in [1.165, 1.54) is 11.7 Å². The molecule has 44 heavy (non-hydrogen) atoms. The van der Waals surface area contributed by atoms with Crippen molar-refractivity contribution in [1.29, 1.82) is 0 Å². The molecule has 5 rings (SSSR count). The Labute approximate surface area is 256 Å². The number of carbonyl (C=O) groups is 2. The number of benzene rings is 1. The van der Waals surface area contributed by atoms with Crippen molar-refractivity contribution in [2.75, 3.05) is 69.1 Å². The maximum Gasteiger partial charge on any atom is 0.419 e. The van der Waals surface area contributed by atoms with Crippen LogP contribution in [0.3, 0.4) is 0 Å². The maximum absolute atomic E-state index is 13.6. The fraction of sp³-hybridized carbons (Fsp3) is 0.375. The molecule has 2 N–H and O–H groups in total. The number of ether oxygens (including phenoxy) is 3. The van der Waals surface area contributed by atoms with Crippen molar-refractivity contribution in [3.05, 3.63) is 66.7 Å². The highest BCUT2D eigenvalue weighted by Crippen LogP contribution is 2.32. The minimum Gasteiger partial charge on any atom is -0.480 e. The molecule has 12 nitrogen and oxygen atoms in total. The van der Waals surface area contributed by atoms with Gasteiger partial charge in [-0.15, -0.1) is 0 Å². The average molecular weight is 602 g/mol. The van der Waals surface area contributed by atoms with Gasteiger partial charge in [0.25, 0.3) is 5.91 Å². The van der Waals surface area contributed by atoms with Crippen molar-refractivity contribution in [1.82, 2.24) is 19.4 Å². The molecule has 0 unspecified atom stereocenters. The number of amides is 1. The normalized spacial score (nSPS) is 14.0. The Morgan fingerprint density at radius 3 is 2.39 bits per heavy atom. The number of methoxy groups -OCH3 is 2. The first-order valence-electron chi connectivity index (χ1n) is 14.5. The molecule has 4 heterocycles. The SMILES string of the molecule is COCCN1CCN(c2ccc(NC(=O)c3c(Nc4cncc5c4ccn5C(=O)OC(C)(C)C)ccnc3OC)cc2)CC1. The Balaban J connectivity index is 1.33. The van der Waals surface area contributed by atoms with Gasteiger partial charge < -0.3 is 29.7 Å². The van der Waals surface area contributed by atoms with Crippen molar-refractivity contribution in [2.24, 2.45) is 0 Å². The molecule has 0 spiro atoms. The second-order valence-electron chi connectivity index (χ2n) is 11.5. The van der Waals surface area contributed by atoms with Gasteiger partial charge in [0.05, 0.1) is 43.0 Å². The monoisotopic (exact) mass is 601 g/mol. The van der Waals surface area contributed by atoms with E-state index < -0.39 is 11.7 Å². The van der Waals surface area contributed by atoms with Crippen molar-refractivity contribution in [3.8, 4) is 5.88 Å². The fourth-order valence-electron chi connectivity index (χ4n) is 5.09. The van der Waals surface area contributed by atoms with Crippen LogP contribution in [0.2, 0.25) is 0 Å². The number of nitrogens with one attached hydrogen (secondary N) is 2. The number of hydrogen-bond acceptors (Lipinski definition) is 10. The molecule has 1 aliphatic heterocycles. The average Bonchev–Trinajstić information content (AvgIpc) is 3.45. The Hall–Kier alpha value is -4.68. The molecule has 1 aliphatic rings. The third kappa shape index (κ3) is 7.09. The van der Waals surface area contributed by atoms with E-state index in [9.17, 15) is 9.59 Å². The molecule has 12 heteroatoms. The molecule has 4 aromatic rings. The third-order valence-electron chi connectivity index (χ3n) is 7.29. The second kappa shape index (κ2) is 13.3. The fourth-order valence-corrected chi connectivity index (χ4v) is 5.09. The number of pyridine rings is 2. The molecule has 1 amide bonds. The van der Waals surface area contributed by atoms with E-state index in [1.807, 2.05) is 45.0 Å². The highest BCUT2D eigenvalue weighted by Gasteiger charge is 2.23. The molecular formula is C32H39N7O5. The Kier molecular flexibility index (Phi) is 9.31. The van der Waals surface area contributed by atoms with Gasteiger partial charge in [0.1, 0.15) is 11.2 Å². The molecule has 0 atom stereocenters. The van der Waals surface area contributed by atoms with Crippen LogP contribution in [0.5, 0.6) is 5.88 Å². The summed E-state index contributed by atoms with van der Waals surface area (Å²) in [6.45, 7) is 10.9. The lowest BCUT2D eigenvalue weighted by atomic mass is 10.1. The van der Waals surface area contributed by atoms with Crippen molar-refractivity contribution in [3.63, 3.8) is 0 Å². The summed E-state index contributed by atoms with van der Waals surface area (Å²) in [5.41, 5.74) is 2.97. The van der Waals surface area contributed by atoms with Crippen molar-refractivity contribution in [2.45, 2.75) is 26.4 Å². The van der Waals surface area contributed by atoms with Gasteiger partial charge in [-0.2, -0.15) is 0 Å².